The zero-order valence-corrected chi connectivity index (χ0v) is 18.4. The van der Waals surface area contributed by atoms with Gasteiger partial charge in [0.1, 0.15) is 5.82 Å². The van der Waals surface area contributed by atoms with Gasteiger partial charge in [0.15, 0.2) is 0 Å². The highest BCUT2D eigenvalue weighted by Gasteiger charge is 2.24. The van der Waals surface area contributed by atoms with Gasteiger partial charge in [-0.1, -0.05) is 12.1 Å². The highest BCUT2D eigenvalue weighted by atomic mass is 19.1. The predicted octanol–water partition coefficient (Wildman–Crippen LogP) is 4.53. The molecule has 3 aromatic rings. The van der Waals surface area contributed by atoms with Crippen molar-refractivity contribution in [2.75, 3.05) is 18.4 Å². The van der Waals surface area contributed by atoms with Gasteiger partial charge >= 0.3 is 0 Å². The molecule has 7 heteroatoms. The van der Waals surface area contributed by atoms with Crippen LogP contribution in [0.1, 0.15) is 37.7 Å². The van der Waals surface area contributed by atoms with Crippen LogP contribution in [0.15, 0.2) is 48.8 Å². The van der Waals surface area contributed by atoms with Gasteiger partial charge in [-0.25, -0.2) is 9.37 Å². The highest BCUT2D eigenvalue weighted by molar-refractivity contribution is 5.91. The molecule has 6 nitrogen and oxygen atoms in total. The van der Waals surface area contributed by atoms with E-state index in [0.29, 0.717) is 43.1 Å². The third-order valence-corrected chi connectivity index (χ3v) is 6.21. The van der Waals surface area contributed by atoms with Crippen molar-refractivity contribution >= 4 is 28.5 Å². The van der Waals surface area contributed by atoms with Crippen LogP contribution in [0.5, 0.6) is 0 Å². The first-order chi connectivity index (χ1) is 15.5. The molecule has 1 aliphatic rings. The van der Waals surface area contributed by atoms with Gasteiger partial charge in [0.25, 0.3) is 0 Å². The van der Waals surface area contributed by atoms with Crippen LogP contribution in [-0.2, 0) is 16.1 Å². The summed E-state index contributed by atoms with van der Waals surface area (Å²) in [5, 5.41) is 2.87. The number of hydrogen-bond donors (Lipinski definition) is 1. The molecule has 2 aromatic carbocycles. The number of para-hydroxylation sites is 2. The Morgan fingerprint density at radius 3 is 2.88 bits per heavy atom. The second-order valence-corrected chi connectivity index (χ2v) is 8.57. The summed E-state index contributed by atoms with van der Waals surface area (Å²) in [4.78, 5) is 31.5. The maximum atomic E-state index is 13.2. The minimum Gasteiger partial charge on any atom is -0.342 e. The Hall–Kier alpha value is -3.22. The van der Waals surface area contributed by atoms with E-state index in [1.165, 1.54) is 12.1 Å². The molecular formula is C25H29FN4O2. The van der Waals surface area contributed by atoms with Gasteiger partial charge in [-0.15, -0.1) is 0 Å². The van der Waals surface area contributed by atoms with Gasteiger partial charge in [0.2, 0.25) is 11.8 Å². The van der Waals surface area contributed by atoms with Crippen LogP contribution in [0.4, 0.5) is 10.1 Å². The number of likely N-dealkylation sites (tertiary alicyclic amines) is 1. The Morgan fingerprint density at radius 1 is 1.19 bits per heavy atom. The van der Waals surface area contributed by atoms with E-state index in [4.69, 9.17) is 0 Å². The monoisotopic (exact) mass is 436 g/mol. The van der Waals surface area contributed by atoms with Crippen molar-refractivity contribution in [3.05, 3.63) is 60.2 Å². The Bertz CT molecular complexity index is 1110. The number of nitrogens with zero attached hydrogens (tertiary/aromatic N) is 3. The Kier molecular flexibility index (Phi) is 6.83. The third-order valence-electron chi connectivity index (χ3n) is 6.21. The zero-order valence-electron chi connectivity index (χ0n) is 18.4. The van der Waals surface area contributed by atoms with Gasteiger partial charge in [-0.05, 0) is 68.0 Å². The summed E-state index contributed by atoms with van der Waals surface area (Å²) in [6.45, 7) is 3.86. The van der Waals surface area contributed by atoms with Crippen LogP contribution in [0.3, 0.4) is 0 Å². The fourth-order valence-electron chi connectivity index (χ4n) is 4.41. The highest BCUT2D eigenvalue weighted by Crippen LogP contribution is 2.23. The quantitative estimate of drug-likeness (QED) is 0.592. The molecule has 1 saturated heterocycles. The van der Waals surface area contributed by atoms with Crippen LogP contribution < -0.4 is 5.32 Å². The van der Waals surface area contributed by atoms with Crippen molar-refractivity contribution < 1.29 is 14.0 Å². The van der Waals surface area contributed by atoms with E-state index in [0.717, 1.165) is 36.8 Å². The predicted molar refractivity (Wildman–Crippen MR) is 123 cm³/mol. The van der Waals surface area contributed by atoms with Crippen molar-refractivity contribution in [1.82, 2.24) is 14.5 Å². The second kappa shape index (κ2) is 9.94. The molecule has 0 bridgehead atoms. The number of halogens is 1. The average Bonchev–Trinajstić information content (AvgIpc) is 3.21. The largest absolute Gasteiger partial charge is 0.342 e. The SMILES string of the molecule is Cc1cc(F)ccc1NC(=O)CC[C@@H]1CCCN(C(=O)CCn2cnc3ccccc32)C1. The van der Waals surface area contributed by atoms with Crippen LogP contribution in [0, 0.1) is 18.7 Å². The van der Waals surface area contributed by atoms with Crippen LogP contribution in [0.2, 0.25) is 0 Å². The first-order valence-electron chi connectivity index (χ1n) is 11.2. The summed E-state index contributed by atoms with van der Waals surface area (Å²) in [5.74, 6) is 0.0875. The molecule has 32 heavy (non-hydrogen) atoms. The zero-order chi connectivity index (χ0) is 22.5. The number of piperidine rings is 1. The number of nitrogens with one attached hydrogen (secondary N) is 1. The number of anilines is 1. The maximum absolute atomic E-state index is 13.2. The lowest BCUT2D eigenvalue weighted by atomic mass is 9.93. The normalized spacial score (nSPS) is 16.3. The smallest absolute Gasteiger partial charge is 0.224 e. The number of aryl methyl sites for hydroxylation is 2. The van der Waals surface area contributed by atoms with E-state index < -0.39 is 0 Å². The number of amides is 2. The molecule has 1 aromatic heterocycles. The number of fused-ring (bicyclic) bond motifs is 1. The lowest BCUT2D eigenvalue weighted by Crippen LogP contribution is -2.40. The molecule has 1 aliphatic heterocycles. The standard InChI is InChI=1S/C25H29FN4O2/c1-18-15-20(26)9-10-21(18)28-24(31)11-8-19-5-4-13-29(16-19)25(32)12-14-30-17-27-22-6-2-3-7-23(22)30/h2-3,6-7,9-10,15,17,19H,4-5,8,11-14,16H2,1H3,(H,28,31)/t19-/m0/s1. The van der Waals surface area contributed by atoms with E-state index in [-0.39, 0.29) is 17.6 Å². The molecular weight excluding hydrogens is 407 g/mol. The summed E-state index contributed by atoms with van der Waals surface area (Å²) < 4.78 is 15.3. The summed E-state index contributed by atoms with van der Waals surface area (Å²) >= 11 is 0. The van der Waals surface area contributed by atoms with Crippen molar-refractivity contribution in [2.24, 2.45) is 5.92 Å². The number of carbonyl (C=O) groups excluding carboxylic acids is 2. The topological polar surface area (TPSA) is 67.2 Å². The van der Waals surface area contributed by atoms with Gasteiger partial charge in [0.05, 0.1) is 17.4 Å². The van der Waals surface area contributed by atoms with Gasteiger partial charge < -0.3 is 14.8 Å². The van der Waals surface area contributed by atoms with Crippen molar-refractivity contribution in [3.63, 3.8) is 0 Å². The number of carbonyl (C=O) groups is 2. The van der Waals surface area contributed by atoms with Crippen LogP contribution in [-0.4, -0.2) is 39.4 Å². The number of benzene rings is 2. The first kappa shape index (κ1) is 22.0. The Morgan fingerprint density at radius 2 is 2.03 bits per heavy atom. The molecule has 1 atom stereocenters. The third kappa shape index (κ3) is 5.33. The summed E-state index contributed by atoms with van der Waals surface area (Å²) in [6, 6.07) is 12.3. The van der Waals surface area contributed by atoms with Gasteiger partial charge in [0, 0.05) is 38.2 Å². The minimum absolute atomic E-state index is 0.0739. The van der Waals surface area contributed by atoms with Crippen molar-refractivity contribution in [3.8, 4) is 0 Å². The minimum atomic E-state index is -0.311. The van der Waals surface area contributed by atoms with E-state index in [2.05, 4.69) is 10.3 Å². The molecule has 168 valence electrons. The van der Waals surface area contributed by atoms with E-state index >= 15 is 0 Å². The summed E-state index contributed by atoms with van der Waals surface area (Å²) in [6.07, 6.45) is 5.35. The molecule has 1 fully saturated rings. The Labute approximate surface area is 187 Å². The summed E-state index contributed by atoms with van der Waals surface area (Å²) in [7, 11) is 0. The maximum Gasteiger partial charge on any atom is 0.224 e. The molecule has 0 aliphatic carbocycles. The fourth-order valence-corrected chi connectivity index (χ4v) is 4.41. The van der Waals surface area contributed by atoms with E-state index in [1.807, 2.05) is 33.7 Å². The lowest BCUT2D eigenvalue weighted by Gasteiger charge is -2.33. The number of rotatable bonds is 7. The lowest BCUT2D eigenvalue weighted by molar-refractivity contribution is -0.133. The van der Waals surface area contributed by atoms with Crippen LogP contribution in [0.25, 0.3) is 11.0 Å². The van der Waals surface area contributed by atoms with Crippen molar-refractivity contribution in [2.45, 2.75) is 45.6 Å². The fraction of sp³-hybridized carbons (Fsp3) is 0.400. The van der Waals surface area contributed by atoms with Gasteiger partial charge in [-0.2, -0.15) is 0 Å². The summed E-state index contributed by atoms with van der Waals surface area (Å²) in [5.41, 5.74) is 3.33. The number of imidazole rings is 1. The van der Waals surface area contributed by atoms with Crippen molar-refractivity contribution in [1.29, 1.82) is 0 Å². The number of hydrogen-bond acceptors (Lipinski definition) is 3. The molecule has 4 rings (SSSR count). The number of aromatic nitrogens is 2. The molecule has 2 heterocycles. The Balaban J connectivity index is 1.24. The van der Waals surface area contributed by atoms with E-state index in [9.17, 15) is 14.0 Å². The molecule has 0 spiro atoms. The molecule has 0 unspecified atom stereocenters. The molecule has 0 radical (unpaired) electrons. The van der Waals surface area contributed by atoms with Crippen LogP contribution >= 0.6 is 0 Å². The average molecular weight is 437 g/mol. The second-order valence-electron chi connectivity index (χ2n) is 8.57. The van der Waals surface area contributed by atoms with Gasteiger partial charge in [-0.3, -0.25) is 9.59 Å². The first-order valence-corrected chi connectivity index (χ1v) is 11.2. The molecule has 0 saturated carbocycles. The molecule has 2 amide bonds. The van der Waals surface area contributed by atoms with E-state index in [1.54, 1.807) is 19.3 Å². The molecule has 1 N–H and O–H groups in total.